The molecule has 0 fully saturated rings. The zero-order chi connectivity index (χ0) is 9.68. The van der Waals surface area contributed by atoms with Gasteiger partial charge in [0.1, 0.15) is 0 Å². The van der Waals surface area contributed by atoms with Crippen molar-refractivity contribution < 1.29 is 0 Å². The third-order valence-electron chi connectivity index (χ3n) is 1.74. The van der Waals surface area contributed by atoms with E-state index in [9.17, 15) is 0 Å². The van der Waals surface area contributed by atoms with Crippen LogP contribution in [0.3, 0.4) is 0 Å². The normalized spacial score (nSPS) is 20.3. The molecular weight excluding hydrogens is 273 g/mol. The smallest absolute Gasteiger partial charge is 0.0505 e. The van der Waals surface area contributed by atoms with Crippen LogP contribution in [0, 0.1) is 0 Å². The highest BCUT2D eigenvalue weighted by molar-refractivity contribution is 14.1. The fourth-order valence-corrected chi connectivity index (χ4v) is 1.59. The van der Waals surface area contributed by atoms with Crippen molar-refractivity contribution in [2.45, 2.75) is 13.3 Å². The van der Waals surface area contributed by atoms with E-state index in [4.69, 9.17) is 0 Å². The predicted octanol–water partition coefficient (Wildman–Crippen LogP) is 3.80. The highest BCUT2D eigenvalue weighted by Crippen LogP contribution is 2.27. The summed E-state index contributed by atoms with van der Waals surface area (Å²) < 4.78 is 1.26. The van der Waals surface area contributed by atoms with E-state index in [1.54, 1.807) is 6.08 Å². The summed E-state index contributed by atoms with van der Waals surface area (Å²) in [5.41, 5.74) is 2.43. The average Bonchev–Trinajstić information content (AvgIpc) is 2.13. The molecule has 2 heteroatoms. The van der Waals surface area contributed by atoms with Crippen LogP contribution in [-0.2, 0) is 0 Å². The van der Waals surface area contributed by atoms with Crippen LogP contribution in [0.25, 0.3) is 0 Å². The molecule has 0 atom stereocenters. The highest BCUT2D eigenvalue weighted by Gasteiger charge is 2.07. The first-order valence-electron chi connectivity index (χ1n) is 4.13. The van der Waals surface area contributed by atoms with Crippen molar-refractivity contribution in [1.82, 2.24) is 0 Å². The standard InChI is InChI=1S/C11H12IN/c1-3-4-5-6-10-7-8-13-9(2)11(10)12/h3-6,8H,1,7H2,2H3/b5-4-,10-6+. The molecule has 0 radical (unpaired) electrons. The minimum Gasteiger partial charge on any atom is -0.265 e. The summed E-state index contributed by atoms with van der Waals surface area (Å²) in [5.74, 6) is 0. The van der Waals surface area contributed by atoms with E-state index in [1.165, 1.54) is 9.15 Å². The second-order valence-corrected chi connectivity index (χ2v) is 3.81. The number of nitrogens with zero attached hydrogens (tertiary/aromatic N) is 1. The first-order valence-corrected chi connectivity index (χ1v) is 5.21. The maximum Gasteiger partial charge on any atom is 0.0505 e. The lowest BCUT2D eigenvalue weighted by Gasteiger charge is -2.09. The minimum absolute atomic E-state index is 0.928. The SMILES string of the molecule is C=C/C=C\C=C1/CC=NC(C)=C1I. The molecule has 0 spiro atoms. The number of rotatable bonds is 2. The Kier molecular flexibility index (Phi) is 4.15. The summed E-state index contributed by atoms with van der Waals surface area (Å²) in [7, 11) is 0. The summed E-state index contributed by atoms with van der Waals surface area (Å²) in [4.78, 5) is 4.25. The molecule has 0 aromatic rings. The molecule has 1 aliphatic rings. The van der Waals surface area contributed by atoms with Crippen molar-refractivity contribution in [2.24, 2.45) is 4.99 Å². The zero-order valence-corrected chi connectivity index (χ0v) is 9.78. The van der Waals surface area contributed by atoms with Crippen molar-refractivity contribution >= 4 is 28.8 Å². The lowest BCUT2D eigenvalue weighted by Crippen LogP contribution is -1.93. The number of halogens is 1. The zero-order valence-electron chi connectivity index (χ0n) is 7.63. The van der Waals surface area contributed by atoms with Crippen molar-refractivity contribution in [3.8, 4) is 0 Å². The van der Waals surface area contributed by atoms with Crippen LogP contribution in [0.1, 0.15) is 13.3 Å². The molecule has 0 bridgehead atoms. The largest absolute Gasteiger partial charge is 0.265 e. The number of allylic oxidation sites excluding steroid dienone is 7. The molecule has 1 heterocycles. The first kappa shape index (κ1) is 10.4. The van der Waals surface area contributed by atoms with Crippen LogP contribution in [0.4, 0.5) is 0 Å². The lowest BCUT2D eigenvalue weighted by atomic mass is 10.1. The Balaban J connectivity index is 2.84. The fraction of sp³-hybridized carbons (Fsp3) is 0.182. The Bertz CT molecular complexity index is 319. The van der Waals surface area contributed by atoms with Crippen LogP contribution >= 0.6 is 22.6 Å². The van der Waals surface area contributed by atoms with Gasteiger partial charge >= 0.3 is 0 Å². The fourth-order valence-electron chi connectivity index (χ4n) is 1.05. The summed E-state index contributed by atoms with van der Waals surface area (Å²) in [6, 6.07) is 0. The van der Waals surface area contributed by atoms with Gasteiger partial charge in [-0.05, 0) is 35.1 Å². The molecule has 0 aromatic heterocycles. The summed E-state index contributed by atoms with van der Waals surface area (Å²) >= 11 is 2.33. The van der Waals surface area contributed by atoms with Gasteiger partial charge < -0.3 is 0 Å². The molecule has 0 amide bonds. The van der Waals surface area contributed by atoms with Crippen LogP contribution in [0.5, 0.6) is 0 Å². The molecule has 1 rings (SSSR count). The summed E-state index contributed by atoms with van der Waals surface area (Å²) in [6.07, 6.45) is 10.7. The van der Waals surface area contributed by atoms with Gasteiger partial charge in [-0.2, -0.15) is 0 Å². The average molecular weight is 285 g/mol. The van der Waals surface area contributed by atoms with Crippen molar-refractivity contribution in [1.29, 1.82) is 0 Å². The van der Waals surface area contributed by atoms with Gasteiger partial charge in [-0.3, -0.25) is 4.99 Å². The molecule has 0 aliphatic carbocycles. The molecule has 13 heavy (non-hydrogen) atoms. The van der Waals surface area contributed by atoms with Gasteiger partial charge in [0.05, 0.1) is 5.70 Å². The van der Waals surface area contributed by atoms with E-state index in [0.717, 1.165) is 12.1 Å². The molecule has 0 saturated heterocycles. The van der Waals surface area contributed by atoms with Gasteiger partial charge in [-0.1, -0.05) is 30.9 Å². The second kappa shape index (κ2) is 5.17. The van der Waals surface area contributed by atoms with E-state index >= 15 is 0 Å². The molecule has 1 aliphatic heterocycles. The van der Waals surface area contributed by atoms with Gasteiger partial charge in [0.2, 0.25) is 0 Å². The Morgan fingerprint density at radius 3 is 3.00 bits per heavy atom. The first-order chi connectivity index (χ1) is 6.25. The third kappa shape index (κ3) is 2.95. The monoisotopic (exact) mass is 285 g/mol. The molecule has 0 aromatic carbocycles. The van der Waals surface area contributed by atoms with Crippen molar-refractivity contribution in [3.63, 3.8) is 0 Å². The molecule has 0 N–H and O–H groups in total. The van der Waals surface area contributed by atoms with E-state index in [0.29, 0.717) is 0 Å². The maximum absolute atomic E-state index is 4.25. The van der Waals surface area contributed by atoms with Gasteiger partial charge in [-0.15, -0.1) is 0 Å². The third-order valence-corrected chi connectivity index (χ3v) is 3.21. The second-order valence-electron chi connectivity index (χ2n) is 2.73. The van der Waals surface area contributed by atoms with Crippen molar-refractivity contribution in [2.75, 3.05) is 0 Å². The van der Waals surface area contributed by atoms with Crippen LogP contribution < -0.4 is 0 Å². The van der Waals surface area contributed by atoms with Gasteiger partial charge in [0.25, 0.3) is 0 Å². The molecule has 0 unspecified atom stereocenters. The molecular formula is C11H12IN. The summed E-state index contributed by atoms with van der Waals surface area (Å²) in [6.45, 7) is 5.65. The molecule has 1 nitrogen and oxygen atoms in total. The van der Waals surface area contributed by atoms with Gasteiger partial charge in [0, 0.05) is 16.2 Å². The van der Waals surface area contributed by atoms with Gasteiger partial charge in [0.15, 0.2) is 0 Å². The van der Waals surface area contributed by atoms with E-state index < -0.39 is 0 Å². The van der Waals surface area contributed by atoms with Crippen LogP contribution in [0.2, 0.25) is 0 Å². The lowest BCUT2D eigenvalue weighted by molar-refractivity contribution is 1.20. The quantitative estimate of drug-likeness (QED) is 0.540. The van der Waals surface area contributed by atoms with E-state index in [2.05, 4.69) is 40.2 Å². The number of hydrogen-bond acceptors (Lipinski definition) is 1. The van der Waals surface area contributed by atoms with Gasteiger partial charge in [-0.25, -0.2) is 0 Å². The Morgan fingerprint density at radius 2 is 2.31 bits per heavy atom. The summed E-state index contributed by atoms with van der Waals surface area (Å²) in [5, 5.41) is 0. The Labute approximate surface area is 92.8 Å². The van der Waals surface area contributed by atoms with E-state index in [1.807, 2.05) is 25.3 Å². The van der Waals surface area contributed by atoms with Crippen molar-refractivity contribution in [3.05, 3.63) is 45.7 Å². The minimum atomic E-state index is 0.928. The Hall–Kier alpha value is -0.640. The highest BCUT2D eigenvalue weighted by atomic mass is 127. The predicted molar refractivity (Wildman–Crippen MR) is 67.2 cm³/mol. The van der Waals surface area contributed by atoms with Crippen LogP contribution in [0.15, 0.2) is 50.7 Å². The molecule has 68 valence electrons. The maximum atomic E-state index is 4.25. The number of hydrogen-bond donors (Lipinski definition) is 0. The Morgan fingerprint density at radius 1 is 1.54 bits per heavy atom. The number of aliphatic imine (C=N–C) groups is 1. The van der Waals surface area contributed by atoms with E-state index in [-0.39, 0.29) is 0 Å². The topological polar surface area (TPSA) is 12.4 Å². The van der Waals surface area contributed by atoms with Crippen LogP contribution in [-0.4, -0.2) is 6.21 Å². The molecule has 0 saturated carbocycles.